The number of aliphatic carboxylic acids is 1. The molecule has 2 atom stereocenters. The lowest BCUT2D eigenvalue weighted by Crippen LogP contribution is -2.57. The van der Waals surface area contributed by atoms with Crippen LogP contribution in [-0.4, -0.2) is 63.8 Å². The Morgan fingerprint density at radius 1 is 1.33 bits per heavy atom. The van der Waals surface area contributed by atoms with Crippen LogP contribution in [0.3, 0.4) is 0 Å². The highest BCUT2D eigenvalue weighted by Crippen LogP contribution is 2.27. The van der Waals surface area contributed by atoms with Crippen LogP contribution in [0.2, 0.25) is 0 Å². The number of aliphatic hydroxyl groups is 1. The Labute approximate surface area is 106 Å². The monoisotopic (exact) mass is 256 g/mol. The summed E-state index contributed by atoms with van der Waals surface area (Å²) in [6.07, 6.45) is 0.599. The number of β-amino-alcohol motifs (C(OH)–C–C–N with tert-alkyl or cyclic N) is 1. The van der Waals surface area contributed by atoms with E-state index in [9.17, 15) is 14.7 Å². The van der Waals surface area contributed by atoms with Gasteiger partial charge in [0.2, 0.25) is 0 Å². The van der Waals surface area contributed by atoms with Crippen LogP contribution in [-0.2, 0) is 4.79 Å². The SMILES string of the molecule is CC(C(=O)O)C1CN(C(=O)N2CCC(C)(O)C2)C1. The highest BCUT2D eigenvalue weighted by molar-refractivity contribution is 5.76. The summed E-state index contributed by atoms with van der Waals surface area (Å²) in [5, 5.41) is 18.7. The second-order valence-corrected chi connectivity index (χ2v) is 5.74. The fourth-order valence-corrected chi connectivity index (χ4v) is 2.50. The first kappa shape index (κ1) is 13.1. The second-order valence-electron chi connectivity index (χ2n) is 5.74. The van der Waals surface area contributed by atoms with Crippen molar-refractivity contribution in [3.8, 4) is 0 Å². The van der Waals surface area contributed by atoms with E-state index in [4.69, 9.17) is 5.11 Å². The molecular formula is C12H20N2O4. The van der Waals surface area contributed by atoms with Gasteiger partial charge in [0.05, 0.1) is 18.1 Å². The Morgan fingerprint density at radius 3 is 2.39 bits per heavy atom. The molecule has 0 bridgehead atoms. The van der Waals surface area contributed by atoms with Gasteiger partial charge in [-0.3, -0.25) is 4.79 Å². The van der Waals surface area contributed by atoms with Crippen molar-refractivity contribution in [2.24, 2.45) is 11.8 Å². The van der Waals surface area contributed by atoms with Crippen LogP contribution in [0, 0.1) is 11.8 Å². The number of amides is 2. The highest BCUT2D eigenvalue weighted by Gasteiger charge is 2.41. The van der Waals surface area contributed by atoms with Crippen molar-refractivity contribution >= 4 is 12.0 Å². The van der Waals surface area contributed by atoms with Gasteiger partial charge >= 0.3 is 12.0 Å². The highest BCUT2D eigenvalue weighted by atomic mass is 16.4. The molecule has 2 N–H and O–H groups in total. The Balaban J connectivity index is 1.82. The quantitative estimate of drug-likeness (QED) is 0.740. The smallest absolute Gasteiger partial charge is 0.320 e. The molecule has 0 saturated carbocycles. The third kappa shape index (κ3) is 2.43. The molecule has 2 rings (SSSR count). The predicted molar refractivity (Wildman–Crippen MR) is 64.1 cm³/mol. The van der Waals surface area contributed by atoms with Gasteiger partial charge in [-0.05, 0) is 13.3 Å². The average molecular weight is 256 g/mol. The summed E-state index contributed by atoms with van der Waals surface area (Å²) in [4.78, 5) is 26.1. The van der Waals surface area contributed by atoms with E-state index in [1.165, 1.54) is 0 Å². The summed E-state index contributed by atoms with van der Waals surface area (Å²) in [5.41, 5.74) is -0.783. The molecule has 0 aromatic heterocycles. The minimum atomic E-state index is -0.809. The number of hydrogen-bond donors (Lipinski definition) is 2. The number of carbonyl (C=O) groups is 2. The zero-order valence-corrected chi connectivity index (χ0v) is 10.8. The molecule has 2 fully saturated rings. The maximum Gasteiger partial charge on any atom is 0.320 e. The Morgan fingerprint density at radius 2 is 1.94 bits per heavy atom. The third-order valence-corrected chi connectivity index (χ3v) is 4.00. The minimum absolute atomic E-state index is 0.0505. The van der Waals surface area contributed by atoms with E-state index in [2.05, 4.69) is 0 Å². The van der Waals surface area contributed by atoms with Crippen molar-refractivity contribution in [1.82, 2.24) is 9.80 Å². The number of nitrogens with zero attached hydrogens (tertiary/aromatic N) is 2. The molecule has 6 heteroatoms. The fourth-order valence-electron chi connectivity index (χ4n) is 2.50. The summed E-state index contributed by atoms with van der Waals surface area (Å²) in [6, 6.07) is -0.0818. The Hall–Kier alpha value is -1.30. The van der Waals surface area contributed by atoms with E-state index in [0.717, 1.165) is 0 Å². The number of carboxylic acid groups (broad SMARTS) is 1. The maximum atomic E-state index is 12.0. The lowest BCUT2D eigenvalue weighted by atomic mass is 9.87. The number of hydrogen-bond acceptors (Lipinski definition) is 3. The van der Waals surface area contributed by atoms with Gasteiger partial charge in [0.1, 0.15) is 0 Å². The van der Waals surface area contributed by atoms with Gasteiger partial charge < -0.3 is 20.0 Å². The van der Waals surface area contributed by atoms with Crippen molar-refractivity contribution < 1.29 is 19.8 Å². The van der Waals surface area contributed by atoms with Crippen LogP contribution < -0.4 is 0 Å². The molecule has 18 heavy (non-hydrogen) atoms. The van der Waals surface area contributed by atoms with Gasteiger partial charge in [0.25, 0.3) is 0 Å². The standard InChI is InChI=1S/C12H20N2O4/c1-8(10(15)16)9-5-14(6-9)11(17)13-4-3-12(2,18)7-13/h8-9,18H,3-7H2,1-2H3,(H,15,16). The van der Waals surface area contributed by atoms with E-state index < -0.39 is 17.5 Å². The number of carboxylic acids is 1. The van der Waals surface area contributed by atoms with Crippen molar-refractivity contribution in [2.45, 2.75) is 25.9 Å². The lowest BCUT2D eigenvalue weighted by Gasteiger charge is -2.42. The Kier molecular flexibility index (Phi) is 3.23. The molecule has 0 spiro atoms. The van der Waals surface area contributed by atoms with Crippen LogP contribution in [0.25, 0.3) is 0 Å². The van der Waals surface area contributed by atoms with Crippen LogP contribution in [0.15, 0.2) is 0 Å². The van der Waals surface area contributed by atoms with Gasteiger partial charge in [0, 0.05) is 25.6 Å². The maximum absolute atomic E-state index is 12.0. The molecule has 0 radical (unpaired) electrons. The van der Waals surface area contributed by atoms with E-state index in [0.29, 0.717) is 32.6 Å². The molecule has 2 amide bonds. The zero-order valence-electron chi connectivity index (χ0n) is 10.8. The third-order valence-electron chi connectivity index (χ3n) is 4.00. The lowest BCUT2D eigenvalue weighted by molar-refractivity contribution is -0.144. The van der Waals surface area contributed by atoms with Crippen molar-refractivity contribution in [3.63, 3.8) is 0 Å². The average Bonchev–Trinajstić information content (AvgIpc) is 2.56. The predicted octanol–water partition coefficient (Wildman–Crippen LogP) is 0.216. The molecule has 0 aromatic rings. The first-order chi connectivity index (χ1) is 8.30. The number of likely N-dealkylation sites (tertiary alicyclic amines) is 2. The molecule has 0 aliphatic carbocycles. The summed E-state index contributed by atoms with van der Waals surface area (Å²) in [6.45, 7) is 5.35. The summed E-state index contributed by atoms with van der Waals surface area (Å²) < 4.78 is 0. The van der Waals surface area contributed by atoms with Gasteiger partial charge in [-0.1, -0.05) is 6.92 Å². The molecule has 102 valence electrons. The fraction of sp³-hybridized carbons (Fsp3) is 0.833. The zero-order chi connectivity index (χ0) is 13.5. The number of carbonyl (C=O) groups excluding carboxylic acids is 1. The van der Waals surface area contributed by atoms with Gasteiger partial charge in [-0.25, -0.2) is 4.79 Å². The van der Waals surface area contributed by atoms with Gasteiger partial charge in [-0.2, -0.15) is 0 Å². The van der Waals surface area contributed by atoms with Crippen LogP contribution in [0.4, 0.5) is 4.79 Å². The molecule has 2 aliphatic heterocycles. The first-order valence-corrected chi connectivity index (χ1v) is 6.29. The molecule has 2 unspecified atom stereocenters. The number of rotatable bonds is 2. The normalized spacial score (nSPS) is 30.2. The van der Waals surface area contributed by atoms with E-state index in [1.54, 1.807) is 23.6 Å². The molecule has 6 nitrogen and oxygen atoms in total. The van der Waals surface area contributed by atoms with E-state index in [1.807, 2.05) is 0 Å². The first-order valence-electron chi connectivity index (χ1n) is 6.29. The minimum Gasteiger partial charge on any atom is -0.481 e. The summed E-state index contributed by atoms with van der Waals surface area (Å²) in [7, 11) is 0. The largest absolute Gasteiger partial charge is 0.481 e. The van der Waals surface area contributed by atoms with E-state index in [-0.39, 0.29) is 11.9 Å². The molecular weight excluding hydrogens is 236 g/mol. The molecule has 2 aliphatic rings. The van der Waals surface area contributed by atoms with Crippen LogP contribution >= 0.6 is 0 Å². The van der Waals surface area contributed by atoms with Crippen molar-refractivity contribution in [3.05, 3.63) is 0 Å². The van der Waals surface area contributed by atoms with Crippen molar-refractivity contribution in [2.75, 3.05) is 26.2 Å². The molecule has 0 aromatic carbocycles. The summed E-state index contributed by atoms with van der Waals surface area (Å²) in [5.74, 6) is -1.17. The van der Waals surface area contributed by atoms with Gasteiger partial charge in [-0.15, -0.1) is 0 Å². The topological polar surface area (TPSA) is 81.1 Å². The van der Waals surface area contributed by atoms with Crippen molar-refractivity contribution in [1.29, 1.82) is 0 Å². The summed E-state index contributed by atoms with van der Waals surface area (Å²) >= 11 is 0. The number of urea groups is 1. The molecule has 2 saturated heterocycles. The Bertz CT molecular complexity index is 363. The second kappa shape index (κ2) is 4.42. The van der Waals surface area contributed by atoms with E-state index >= 15 is 0 Å². The van der Waals surface area contributed by atoms with Crippen LogP contribution in [0.5, 0.6) is 0 Å². The molecule has 2 heterocycles. The van der Waals surface area contributed by atoms with Crippen LogP contribution in [0.1, 0.15) is 20.3 Å². The van der Waals surface area contributed by atoms with Gasteiger partial charge in [0.15, 0.2) is 0 Å².